The molecule has 0 heterocycles. The van der Waals surface area contributed by atoms with Gasteiger partial charge in [0.05, 0.1) is 5.92 Å². The lowest BCUT2D eigenvalue weighted by Gasteiger charge is -2.13. The molecule has 0 saturated heterocycles. The van der Waals surface area contributed by atoms with Crippen LogP contribution < -0.4 is 10.6 Å². The second-order valence-corrected chi connectivity index (χ2v) is 5.73. The lowest BCUT2D eigenvalue weighted by molar-refractivity contribution is -0.124. The highest BCUT2D eigenvalue weighted by Gasteiger charge is 2.13. The molecule has 0 aromatic heterocycles. The second-order valence-electron chi connectivity index (χ2n) is 5.73. The van der Waals surface area contributed by atoms with E-state index in [1.54, 1.807) is 0 Å². The van der Waals surface area contributed by atoms with Crippen LogP contribution in [0.15, 0.2) is 24.3 Å². The van der Waals surface area contributed by atoms with Gasteiger partial charge in [0.2, 0.25) is 5.91 Å². The minimum atomic E-state index is 0.0928. The summed E-state index contributed by atoms with van der Waals surface area (Å²) in [7, 11) is 1.86. The van der Waals surface area contributed by atoms with Gasteiger partial charge in [-0.05, 0) is 46.1 Å². The number of carbonyl (C=O) groups excluding carboxylic acids is 1. The summed E-state index contributed by atoms with van der Waals surface area (Å²) < 4.78 is 0. The molecule has 1 aliphatic rings. The number of nitrogens with one attached hydrogen (secondary N) is 2. The molecular weight excluding hydrogens is 284 g/mol. The zero-order valence-electron chi connectivity index (χ0n) is 16.2. The molecule has 1 unspecified atom stereocenters. The molecule has 136 valence electrons. The number of hydrogen-bond acceptors (Lipinski definition) is 2. The van der Waals surface area contributed by atoms with E-state index in [9.17, 15) is 4.79 Å². The normalized spacial score (nSPS) is 14.3. The van der Waals surface area contributed by atoms with Gasteiger partial charge in [-0.15, -0.1) is 0 Å². The molecule has 3 nitrogen and oxygen atoms in total. The molecule has 0 bridgehead atoms. The van der Waals surface area contributed by atoms with Crippen LogP contribution in [0.4, 0.5) is 0 Å². The van der Waals surface area contributed by atoms with Crippen molar-refractivity contribution in [2.45, 2.75) is 72.6 Å². The van der Waals surface area contributed by atoms with Gasteiger partial charge in [-0.25, -0.2) is 0 Å². The summed E-state index contributed by atoms with van der Waals surface area (Å²) in [5, 5.41) is 5.86. The molecule has 23 heavy (non-hydrogen) atoms. The van der Waals surface area contributed by atoms with Gasteiger partial charge in [0.25, 0.3) is 0 Å². The first-order valence-corrected chi connectivity index (χ1v) is 9.36. The molecule has 0 radical (unpaired) electrons. The summed E-state index contributed by atoms with van der Waals surface area (Å²) in [6.07, 6.45) is 17.4. The molecule has 1 rings (SSSR count). The smallest absolute Gasteiger partial charge is 0.224 e. The average molecular weight is 325 g/mol. The lowest BCUT2D eigenvalue weighted by atomic mass is 10.1. The van der Waals surface area contributed by atoms with E-state index in [4.69, 9.17) is 0 Å². The molecule has 2 N–H and O–H groups in total. The highest BCUT2D eigenvalue weighted by molar-refractivity contribution is 5.78. The zero-order chi connectivity index (χ0) is 17.8. The molecule has 0 spiro atoms. The van der Waals surface area contributed by atoms with Crippen LogP contribution in [0, 0.1) is 5.92 Å². The minimum Gasteiger partial charge on any atom is -0.352 e. The summed E-state index contributed by atoms with van der Waals surface area (Å²) in [5.74, 6) is 0.227. The third-order valence-electron chi connectivity index (χ3n) is 3.60. The highest BCUT2D eigenvalue weighted by atomic mass is 16.1. The van der Waals surface area contributed by atoms with Crippen LogP contribution in [0.2, 0.25) is 0 Å². The number of amides is 1. The van der Waals surface area contributed by atoms with Gasteiger partial charge in [-0.1, -0.05) is 57.9 Å². The Morgan fingerprint density at radius 1 is 1.13 bits per heavy atom. The largest absolute Gasteiger partial charge is 0.352 e. The van der Waals surface area contributed by atoms with Crippen molar-refractivity contribution in [3.05, 3.63) is 24.3 Å². The van der Waals surface area contributed by atoms with Crippen molar-refractivity contribution in [1.29, 1.82) is 0 Å². The maximum Gasteiger partial charge on any atom is 0.224 e. The molecule has 0 aromatic carbocycles. The first kappa shape index (κ1) is 24.2. The van der Waals surface area contributed by atoms with E-state index in [0.717, 1.165) is 13.0 Å². The summed E-state index contributed by atoms with van der Waals surface area (Å²) in [6.45, 7) is 9.71. The van der Waals surface area contributed by atoms with Crippen LogP contribution in [0.5, 0.6) is 0 Å². The monoisotopic (exact) mass is 324 g/mol. The van der Waals surface area contributed by atoms with Crippen molar-refractivity contribution < 1.29 is 4.79 Å². The van der Waals surface area contributed by atoms with E-state index in [-0.39, 0.29) is 11.8 Å². The number of unbranched alkanes of at least 4 members (excludes halogenated alkanes) is 1. The van der Waals surface area contributed by atoms with Gasteiger partial charge in [-0.3, -0.25) is 4.79 Å². The predicted octanol–water partition coefficient (Wildman–Crippen LogP) is 4.85. The SMILES string of the molecule is C/C=C/CNC(=O)C(CC)CNC.C1=CCCCC1.CCCC. The van der Waals surface area contributed by atoms with Crippen LogP contribution in [-0.4, -0.2) is 26.0 Å². The fourth-order valence-corrected chi connectivity index (χ4v) is 1.85. The van der Waals surface area contributed by atoms with Gasteiger partial charge in [0.1, 0.15) is 0 Å². The van der Waals surface area contributed by atoms with E-state index >= 15 is 0 Å². The summed E-state index contributed by atoms with van der Waals surface area (Å²) in [4.78, 5) is 11.5. The molecule has 1 atom stereocenters. The number of rotatable bonds is 7. The van der Waals surface area contributed by atoms with Crippen molar-refractivity contribution in [2.75, 3.05) is 20.1 Å². The second kappa shape index (κ2) is 20.9. The van der Waals surface area contributed by atoms with Gasteiger partial charge in [0, 0.05) is 13.1 Å². The van der Waals surface area contributed by atoms with Crippen molar-refractivity contribution in [3.63, 3.8) is 0 Å². The first-order chi connectivity index (χ1) is 11.2. The van der Waals surface area contributed by atoms with E-state index in [2.05, 4.69) is 36.6 Å². The maximum atomic E-state index is 11.5. The van der Waals surface area contributed by atoms with Crippen molar-refractivity contribution in [2.24, 2.45) is 5.92 Å². The first-order valence-electron chi connectivity index (χ1n) is 9.36. The van der Waals surface area contributed by atoms with Gasteiger partial charge in [-0.2, -0.15) is 0 Å². The Bertz CT molecular complexity index is 288. The fraction of sp³-hybridized carbons (Fsp3) is 0.750. The van der Waals surface area contributed by atoms with Crippen LogP contribution in [-0.2, 0) is 4.79 Å². The fourth-order valence-electron chi connectivity index (χ4n) is 1.85. The van der Waals surface area contributed by atoms with Gasteiger partial charge < -0.3 is 10.6 Å². The highest BCUT2D eigenvalue weighted by Crippen LogP contribution is 2.07. The summed E-state index contributed by atoms with van der Waals surface area (Å²) in [6, 6.07) is 0. The molecule has 0 aliphatic heterocycles. The van der Waals surface area contributed by atoms with Crippen LogP contribution >= 0.6 is 0 Å². The van der Waals surface area contributed by atoms with E-state index < -0.39 is 0 Å². The standard InChI is InChI=1S/C10H20N2O.C6H10.C4H10/c1-4-6-7-12-10(13)9(5-2)8-11-3;1-2-4-6-5-3-1;1-3-4-2/h4,6,9,11H,5,7-8H2,1-3H3,(H,12,13);1-2H,3-6H2;3-4H2,1-2H3/b6-4+;;. The predicted molar refractivity (Wildman–Crippen MR) is 104 cm³/mol. The van der Waals surface area contributed by atoms with E-state index in [0.29, 0.717) is 6.54 Å². The van der Waals surface area contributed by atoms with Gasteiger partial charge in [0.15, 0.2) is 0 Å². The molecular formula is C20H40N2O. The van der Waals surface area contributed by atoms with Crippen molar-refractivity contribution >= 4 is 5.91 Å². The molecule has 0 fully saturated rings. The Balaban J connectivity index is 0. The third-order valence-corrected chi connectivity index (χ3v) is 3.60. The molecule has 3 heteroatoms. The summed E-state index contributed by atoms with van der Waals surface area (Å²) >= 11 is 0. The lowest BCUT2D eigenvalue weighted by Crippen LogP contribution is -2.35. The Labute approximate surface area is 145 Å². The maximum absolute atomic E-state index is 11.5. The topological polar surface area (TPSA) is 41.1 Å². The van der Waals surface area contributed by atoms with Crippen molar-refractivity contribution in [1.82, 2.24) is 10.6 Å². The average Bonchev–Trinajstić information content (AvgIpc) is 2.62. The number of allylic oxidation sites excluding steroid dienone is 3. The van der Waals surface area contributed by atoms with Crippen LogP contribution in [0.25, 0.3) is 0 Å². The van der Waals surface area contributed by atoms with Gasteiger partial charge >= 0.3 is 0 Å². The molecule has 0 aromatic rings. The van der Waals surface area contributed by atoms with Crippen molar-refractivity contribution in [3.8, 4) is 0 Å². The third kappa shape index (κ3) is 18.9. The Morgan fingerprint density at radius 2 is 1.70 bits per heavy atom. The Morgan fingerprint density at radius 3 is 2.00 bits per heavy atom. The molecule has 0 saturated carbocycles. The van der Waals surface area contributed by atoms with E-state index in [1.165, 1.54) is 38.5 Å². The molecule has 1 aliphatic carbocycles. The Hall–Kier alpha value is -1.09. The Kier molecular flexibility index (Phi) is 22.0. The zero-order valence-corrected chi connectivity index (χ0v) is 16.2. The quantitative estimate of drug-likeness (QED) is 0.657. The molecule has 1 amide bonds. The van der Waals surface area contributed by atoms with Crippen LogP contribution in [0.1, 0.15) is 72.6 Å². The van der Waals surface area contributed by atoms with Crippen LogP contribution in [0.3, 0.4) is 0 Å². The van der Waals surface area contributed by atoms with E-state index in [1.807, 2.05) is 33.0 Å². The number of hydrogen-bond donors (Lipinski definition) is 2. The number of carbonyl (C=O) groups is 1. The summed E-state index contributed by atoms with van der Waals surface area (Å²) in [5.41, 5.74) is 0. The minimum absolute atomic E-state index is 0.0928.